The third-order valence-corrected chi connectivity index (χ3v) is 4.23. The Morgan fingerprint density at radius 1 is 1.41 bits per heavy atom. The van der Waals surface area contributed by atoms with Gasteiger partial charge in [-0.1, -0.05) is 6.07 Å². The number of piperidine rings is 1. The maximum absolute atomic E-state index is 12.5. The number of ether oxygens (including phenoxy) is 1. The highest BCUT2D eigenvalue weighted by atomic mass is 16.5. The molecule has 27 heavy (non-hydrogen) atoms. The predicted molar refractivity (Wildman–Crippen MR) is 93.2 cm³/mol. The molecule has 2 heterocycles. The summed E-state index contributed by atoms with van der Waals surface area (Å²) in [6.45, 7) is 2.38. The van der Waals surface area contributed by atoms with Gasteiger partial charge < -0.3 is 20.1 Å². The van der Waals surface area contributed by atoms with Gasteiger partial charge in [-0.05, 0) is 31.4 Å². The van der Waals surface area contributed by atoms with Crippen LogP contribution in [-0.2, 0) is 20.9 Å². The lowest BCUT2D eigenvalue weighted by atomic mass is 10.1. The van der Waals surface area contributed by atoms with E-state index in [0.717, 1.165) is 5.56 Å². The number of likely N-dealkylation sites (tertiary alicyclic amines) is 1. The van der Waals surface area contributed by atoms with Gasteiger partial charge in [0.1, 0.15) is 18.3 Å². The number of nitrogens with zero attached hydrogens (tertiary/aromatic N) is 3. The van der Waals surface area contributed by atoms with E-state index in [0.29, 0.717) is 25.9 Å². The van der Waals surface area contributed by atoms with Gasteiger partial charge >= 0.3 is 5.97 Å². The molecule has 1 aromatic rings. The summed E-state index contributed by atoms with van der Waals surface area (Å²) in [6.07, 6.45) is 2.42. The molecule has 0 spiro atoms. The first-order chi connectivity index (χ1) is 12.9. The Morgan fingerprint density at radius 3 is 2.67 bits per heavy atom. The van der Waals surface area contributed by atoms with Crippen molar-refractivity contribution in [3.05, 3.63) is 29.6 Å². The highest BCUT2D eigenvalue weighted by Crippen LogP contribution is 2.14. The molecular formula is C17H23N5O5. The summed E-state index contributed by atoms with van der Waals surface area (Å²) < 4.78 is 5.25. The Morgan fingerprint density at radius 2 is 2.11 bits per heavy atom. The Labute approximate surface area is 156 Å². The Bertz CT molecular complexity index is 685. The first-order valence-corrected chi connectivity index (χ1v) is 8.62. The number of aliphatic carboxylic acids is 1. The van der Waals surface area contributed by atoms with Crippen molar-refractivity contribution in [1.82, 2.24) is 15.2 Å². The van der Waals surface area contributed by atoms with E-state index >= 15 is 0 Å². The molecule has 1 saturated heterocycles. The summed E-state index contributed by atoms with van der Waals surface area (Å²) in [6, 6.07) is 2.48. The summed E-state index contributed by atoms with van der Waals surface area (Å²) in [5.41, 5.74) is 7.72. The molecule has 1 fully saturated rings. The van der Waals surface area contributed by atoms with Gasteiger partial charge in [-0.15, -0.1) is 0 Å². The zero-order valence-electron chi connectivity index (χ0n) is 15.1. The highest BCUT2D eigenvalue weighted by Gasteiger charge is 2.27. The Kier molecular flexibility index (Phi) is 7.35. The molecule has 1 aliphatic rings. The van der Waals surface area contributed by atoms with Crippen LogP contribution in [-0.4, -0.2) is 64.6 Å². The van der Waals surface area contributed by atoms with Gasteiger partial charge in [-0.3, -0.25) is 14.6 Å². The van der Waals surface area contributed by atoms with E-state index in [-0.39, 0.29) is 30.9 Å². The van der Waals surface area contributed by atoms with Crippen molar-refractivity contribution in [2.45, 2.75) is 38.5 Å². The second kappa shape index (κ2) is 9.72. The van der Waals surface area contributed by atoms with E-state index in [1.807, 2.05) is 0 Å². The maximum atomic E-state index is 12.5. The van der Waals surface area contributed by atoms with Crippen molar-refractivity contribution in [1.29, 1.82) is 5.53 Å². The van der Waals surface area contributed by atoms with E-state index in [1.165, 1.54) is 12.3 Å². The average molecular weight is 377 g/mol. The van der Waals surface area contributed by atoms with Crippen LogP contribution < -0.4 is 5.32 Å². The third kappa shape index (κ3) is 6.10. The number of carboxylic acid groups (broad SMARTS) is 1. The zero-order chi connectivity index (χ0) is 19.8. The molecule has 1 atom stereocenters. The van der Waals surface area contributed by atoms with Gasteiger partial charge in [-0.2, -0.15) is 5.11 Å². The van der Waals surface area contributed by atoms with Crippen LogP contribution in [0.5, 0.6) is 0 Å². The lowest BCUT2D eigenvalue weighted by molar-refractivity contribution is -0.147. The zero-order valence-corrected chi connectivity index (χ0v) is 15.1. The lowest BCUT2D eigenvalue weighted by Crippen LogP contribution is -2.50. The molecule has 0 radical (unpaired) electrons. The number of carboxylic acids is 1. The first-order valence-electron chi connectivity index (χ1n) is 8.62. The molecule has 1 aromatic heterocycles. The van der Waals surface area contributed by atoms with Crippen LogP contribution in [0, 0.1) is 5.53 Å². The van der Waals surface area contributed by atoms with E-state index in [9.17, 15) is 14.4 Å². The number of nitrogens with one attached hydrogen (secondary N) is 2. The molecule has 146 valence electrons. The van der Waals surface area contributed by atoms with Crippen LogP contribution in [0.25, 0.3) is 0 Å². The van der Waals surface area contributed by atoms with E-state index in [1.54, 1.807) is 17.9 Å². The van der Waals surface area contributed by atoms with Crippen molar-refractivity contribution in [2.75, 3.05) is 19.7 Å². The normalized spacial score (nSPS) is 15.8. The molecule has 0 saturated carbocycles. The molecule has 10 nitrogen and oxygen atoms in total. The fourth-order valence-corrected chi connectivity index (χ4v) is 2.78. The first kappa shape index (κ1) is 20.4. The summed E-state index contributed by atoms with van der Waals surface area (Å²) in [4.78, 5) is 40.9. The second-order valence-electron chi connectivity index (χ2n) is 6.29. The molecule has 3 N–H and O–H groups in total. The predicted octanol–water partition coefficient (Wildman–Crippen LogP) is 0.823. The van der Waals surface area contributed by atoms with Gasteiger partial charge in [0.2, 0.25) is 5.91 Å². The van der Waals surface area contributed by atoms with Crippen LogP contribution in [0.15, 0.2) is 23.4 Å². The summed E-state index contributed by atoms with van der Waals surface area (Å²) in [5, 5.41) is 14.5. The number of rotatable bonds is 8. The Balaban J connectivity index is 1.82. The smallest absolute Gasteiger partial charge is 0.329 e. The van der Waals surface area contributed by atoms with Gasteiger partial charge in [-0.25, -0.2) is 10.3 Å². The lowest BCUT2D eigenvalue weighted by Gasteiger charge is -2.33. The van der Waals surface area contributed by atoms with Crippen LogP contribution in [0.3, 0.4) is 0 Å². The summed E-state index contributed by atoms with van der Waals surface area (Å²) in [5.74, 6) is -1.67. The molecule has 10 heteroatoms. The molecule has 2 amide bonds. The topological polar surface area (TPSA) is 145 Å². The largest absolute Gasteiger partial charge is 0.480 e. The fourth-order valence-electron chi connectivity index (χ4n) is 2.78. The van der Waals surface area contributed by atoms with E-state index in [4.69, 9.17) is 15.4 Å². The number of aromatic nitrogens is 1. The van der Waals surface area contributed by atoms with E-state index < -0.39 is 17.9 Å². The van der Waals surface area contributed by atoms with Crippen LogP contribution >= 0.6 is 0 Å². The van der Waals surface area contributed by atoms with Crippen molar-refractivity contribution in [2.24, 2.45) is 5.11 Å². The standard InChI is InChI=1S/C17H23N5O5/c1-11(21-16(25)14-3-2-12(8-19-14)9-20-18)17(26)22-6-4-13(5-7-22)27-10-15(23)24/h2-3,8,11,13,18H,4-7,9-10H2,1H3,(H,21,25)(H,23,24)/t11-/m0/s1. The minimum absolute atomic E-state index is 0.173. The van der Waals surface area contributed by atoms with Gasteiger partial charge in [0.25, 0.3) is 5.91 Å². The number of carbonyl (C=O) groups is 3. The third-order valence-electron chi connectivity index (χ3n) is 4.23. The maximum Gasteiger partial charge on any atom is 0.329 e. The number of hydrogen-bond acceptors (Lipinski definition) is 7. The van der Waals surface area contributed by atoms with E-state index in [2.05, 4.69) is 15.4 Å². The number of pyridine rings is 1. The highest BCUT2D eigenvalue weighted by molar-refractivity contribution is 5.96. The quantitative estimate of drug-likeness (QED) is 0.572. The summed E-state index contributed by atoms with van der Waals surface area (Å²) >= 11 is 0. The minimum Gasteiger partial charge on any atom is -0.480 e. The average Bonchev–Trinajstić information content (AvgIpc) is 2.67. The van der Waals surface area contributed by atoms with Crippen molar-refractivity contribution in [3.8, 4) is 0 Å². The van der Waals surface area contributed by atoms with Gasteiger partial charge in [0.05, 0.1) is 12.6 Å². The molecule has 0 aromatic carbocycles. The minimum atomic E-state index is -1.01. The van der Waals surface area contributed by atoms with Crippen molar-refractivity contribution in [3.63, 3.8) is 0 Å². The van der Waals surface area contributed by atoms with Crippen LogP contribution in [0.4, 0.5) is 0 Å². The molecule has 0 bridgehead atoms. The monoisotopic (exact) mass is 377 g/mol. The van der Waals surface area contributed by atoms with Crippen LogP contribution in [0.1, 0.15) is 35.8 Å². The molecular weight excluding hydrogens is 354 g/mol. The number of carbonyl (C=O) groups excluding carboxylic acids is 2. The van der Waals surface area contributed by atoms with Crippen molar-refractivity contribution >= 4 is 17.8 Å². The van der Waals surface area contributed by atoms with Gasteiger partial charge in [0.15, 0.2) is 0 Å². The summed E-state index contributed by atoms with van der Waals surface area (Å²) in [7, 11) is 0. The number of hydrogen-bond donors (Lipinski definition) is 3. The van der Waals surface area contributed by atoms with Crippen LogP contribution in [0.2, 0.25) is 0 Å². The SMILES string of the molecule is C[C@H](NC(=O)c1ccc(CN=N)cn1)C(=O)N1CCC(OCC(=O)O)CC1. The molecule has 1 aliphatic heterocycles. The molecule has 2 rings (SSSR count). The molecule has 0 unspecified atom stereocenters. The fraction of sp³-hybridized carbons (Fsp3) is 0.529. The Hall–Kier alpha value is -2.88. The second-order valence-corrected chi connectivity index (χ2v) is 6.29. The molecule has 0 aliphatic carbocycles. The van der Waals surface area contributed by atoms with Gasteiger partial charge in [0, 0.05) is 19.3 Å². The number of amides is 2. The van der Waals surface area contributed by atoms with Crippen molar-refractivity contribution < 1.29 is 24.2 Å².